The molecule has 0 aromatic heterocycles. The van der Waals surface area contributed by atoms with E-state index in [0.717, 1.165) is 0 Å². The molecule has 0 spiro atoms. The highest BCUT2D eigenvalue weighted by atomic mass is 16.2. The third-order valence-electron chi connectivity index (χ3n) is 2.74. The summed E-state index contributed by atoms with van der Waals surface area (Å²) in [7, 11) is 1.53. The molecule has 0 aliphatic carbocycles. The normalized spacial score (nSPS) is 9.35. The maximum Gasteiger partial charge on any atom is 0.255 e. The first-order valence-electron chi connectivity index (χ1n) is 6.32. The van der Waals surface area contributed by atoms with Crippen LogP contribution < -0.4 is 5.32 Å². The van der Waals surface area contributed by atoms with Crippen LogP contribution in [-0.4, -0.2) is 48.6 Å². The SMILES string of the molecule is CCN(CC(=O)NC)C(=O)c1ccccc1C#CCO. The number of aliphatic hydroxyl groups excluding tert-OH is 1. The third kappa shape index (κ3) is 4.11. The summed E-state index contributed by atoms with van der Waals surface area (Å²) in [5.41, 5.74) is 0.973. The van der Waals surface area contributed by atoms with Crippen LogP contribution in [0.1, 0.15) is 22.8 Å². The highest BCUT2D eigenvalue weighted by molar-refractivity contribution is 5.98. The van der Waals surface area contributed by atoms with Gasteiger partial charge in [-0.1, -0.05) is 24.0 Å². The van der Waals surface area contributed by atoms with Crippen LogP contribution in [0, 0.1) is 11.8 Å². The minimum atomic E-state index is -0.266. The lowest BCUT2D eigenvalue weighted by Gasteiger charge is -2.20. The molecule has 0 bridgehead atoms. The van der Waals surface area contributed by atoms with Gasteiger partial charge in [0.25, 0.3) is 5.91 Å². The van der Waals surface area contributed by atoms with Gasteiger partial charge >= 0.3 is 0 Å². The number of carbonyl (C=O) groups excluding carboxylic acids is 2. The number of nitrogens with one attached hydrogen (secondary N) is 1. The summed E-state index contributed by atoms with van der Waals surface area (Å²) in [6, 6.07) is 6.89. The molecule has 5 nitrogen and oxygen atoms in total. The van der Waals surface area contributed by atoms with E-state index in [9.17, 15) is 9.59 Å². The minimum absolute atomic E-state index is 0.00754. The third-order valence-corrected chi connectivity index (χ3v) is 2.74. The fourth-order valence-electron chi connectivity index (χ4n) is 1.66. The van der Waals surface area contributed by atoms with E-state index in [1.54, 1.807) is 24.3 Å². The van der Waals surface area contributed by atoms with Crippen molar-refractivity contribution >= 4 is 11.8 Å². The quantitative estimate of drug-likeness (QED) is 0.773. The van der Waals surface area contributed by atoms with E-state index < -0.39 is 0 Å². The summed E-state index contributed by atoms with van der Waals surface area (Å²) < 4.78 is 0. The van der Waals surface area contributed by atoms with Crippen LogP contribution in [0.3, 0.4) is 0 Å². The van der Waals surface area contributed by atoms with Crippen molar-refractivity contribution in [2.45, 2.75) is 6.92 Å². The van der Waals surface area contributed by atoms with E-state index in [4.69, 9.17) is 5.11 Å². The Balaban J connectivity index is 3.03. The summed E-state index contributed by atoms with van der Waals surface area (Å²) in [6.45, 7) is 1.97. The van der Waals surface area contributed by atoms with Crippen molar-refractivity contribution in [1.29, 1.82) is 0 Å². The fraction of sp³-hybridized carbons (Fsp3) is 0.333. The molecular weight excluding hydrogens is 256 g/mol. The molecule has 2 N–H and O–H groups in total. The molecule has 0 unspecified atom stereocenters. The highest BCUT2D eigenvalue weighted by Gasteiger charge is 2.18. The molecule has 0 saturated carbocycles. The van der Waals surface area contributed by atoms with Gasteiger partial charge in [-0.3, -0.25) is 9.59 Å². The largest absolute Gasteiger partial charge is 0.384 e. The van der Waals surface area contributed by atoms with Crippen molar-refractivity contribution < 1.29 is 14.7 Å². The van der Waals surface area contributed by atoms with Gasteiger partial charge in [-0.2, -0.15) is 0 Å². The summed E-state index contributed by atoms with van der Waals surface area (Å²) in [5, 5.41) is 11.2. The van der Waals surface area contributed by atoms with E-state index >= 15 is 0 Å². The Labute approximate surface area is 118 Å². The van der Waals surface area contributed by atoms with Crippen LogP contribution in [0.4, 0.5) is 0 Å². The zero-order valence-electron chi connectivity index (χ0n) is 11.6. The van der Waals surface area contributed by atoms with E-state index in [1.165, 1.54) is 11.9 Å². The summed E-state index contributed by atoms with van der Waals surface area (Å²) in [5.74, 6) is 4.79. The number of benzene rings is 1. The first-order valence-corrected chi connectivity index (χ1v) is 6.32. The van der Waals surface area contributed by atoms with Crippen LogP contribution in [-0.2, 0) is 4.79 Å². The predicted octanol–water partition coefficient (Wildman–Crippen LogP) is 0.238. The van der Waals surface area contributed by atoms with E-state index in [1.807, 2.05) is 6.92 Å². The Morgan fingerprint density at radius 1 is 1.35 bits per heavy atom. The molecule has 0 radical (unpaired) electrons. The van der Waals surface area contributed by atoms with Crippen LogP contribution in [0.5, 0.6) is 0 Å². The standard InChI is InChI=1S/C15H18N2O3/c1-3-17(11-14(19)16-2)15(20)13-9-5-4-7-12(13)8-6-10-18/h4-5,7,9,18H,3,10-11H2,1-2H3,(H,16,19). The molecule has 1 rings (SSSR count). The first kappa shape index (κ1) is 15.7. The van der Waals surface area contributed by atoms with Gasteiger partial charge in [0.1, 0.15) is 6.61 Å². The molecule has 0 heterocycles. The molecule has 1 aromatic rings. The Kier molecular flexibility index (Phi) is 6.27. The molecule has 1 aromatic carbocycles. The number of rotatable bonds is 4. The summed E-state index contributed by atoms with van der Waals surface area (Å²) >= 11 is 0. The first-order chi connectivity index (χ1) is 9.63. The van der Waals surface area contributed by atoms with Gasteiger partial charge < -0.3 is 15.3 Å². The molecule has 0 saturated heterocycles. The molecular formula is C15H18N2O3. The number of hydrogen-bond acceptors (Lipinski definition) is 3. The van der Waals surface area contributed by atoms with Gasteiger partial charge in [0.2, 0.25) is 5.91 Å². The van der Waals surface area contributed by atoms with E-state index in [2.05, 4.69) is 17.2 Å². The van der Waals surface area contributed by atoms with Crippen molar-refractivity contribution in [3.8, 4) is 11.8 Å². The number of aliphatic hydroxyl groups is 1. The molecule has 106 valence electrons. The Bertz CT molecular complexity index is 544. The Hall–Kier alpha value is -2.32. The maximum atomic E-state index is 12.4. The topological polar surface area (TPSA) is 69.6 Å². The van der Waals surface area contributed by atoms with Gasteiger partial charge in [0, 0.05) is 19.2 Å². The lowest BCUT2D eigenvalue weighted by Crippen LogP contribution is -2.39. The Morgan fingerprint density at radius 3 is 2.65 bits per heavy atom. The fourth-order valence-corrected chi connectivity index (χ4v) is 1.66. The molecule has 0 aliphatic rings. The summed E-state index contributed by atoms with van der Waals surface area (Å²) in [6.07, 6.45) is 0. The van der Waals surface area contributed by atoms with Gasteiger partial charge in [-0.25, -0.2) is 0 Å². The van der Waals surface area contributed by atoms with Crippen molar-refractivity contribution in [2.24, 2.45) is 0 Å². The lowest BCUT2D eigenvalue weighted by atomic mass is 10.1. The van der Waals surface area contributed by atoms with Gasteiger partial charge in [0.15, 0.2) is 0 Å². The minimum Gasteiger partial charge on any atom is -0.384 e. The average molecular weight is 274 g/mol. The zero-order valence-corrected chi connectivity index (χ0v) is 11.6. The zero-order chi connectivity index (χ0) is 15.0. The highest BCUT2D eigenvalue weighted by Crippen LogP contribution is 2.11. The second-order valence-electron chi connectivity index (χ2n) is 4.00. The van der Waals surface area contributed by atoms with Crippen molar-refractivity contribution in [1.82, 2.24) is 10.2 Å². The lowest BCUT2D eigenvalue weighted by molar-refractivity contribution is -0.121. The summed E-state index contributed by atoms with van der Waals surface area (Å²) in [4.78, 5) is 25.3. The smallest absolute Gasteiger partial charge is 0.255 e. The van der Waals surface area contributed by atoms with E-state index in [0.29, 0.717) is 17.7 Å². The number of carbonyl (C=O) groups is 2. The number of amides is 2. The van der Waals surface area contributed by atoms with Crippen molar-refractivity contribution in [3.05, 3.63) is 35.4 Å². The molecule has 2 amide bonds. The molecule has 0 aliphatic heterocycles. The van der Waals surface area contributed by atoms with Crippen LogP contribution in [0.2, 0.25) is 0 Å². The van der Waals surface area contributed by atoms with Crippen LogP contribution in [0.25, 0.3) is 0 Å². The van der Waals surface area contributed by atoms with Crippen LogP contribution >= 0.6 is 0 Å². The van der Waals surface area contributed by atoms with E-state index in [-0.39, 0.29) is 25.0 Å². The van der Waals surface area contributed by atoms with Crippen LogP contribution in [0.15, 0.2) is 24.3 Å². The van der Waals surface area contributed by atoms with Gasteiger partial charge in [-0.05, 0) is 19.1 Å². The van der Waals surface area contributed by atoms with Gasteiger partial charge in [-0.15, -0.1) is 0 Å². The number of nitrogens with zero attached hydrogens (tertiary/aromatic N) is 1. The number of hydrogen-bond donors (Lipinski definition) is 2. The predicted molar refractivity (Wildman–Crippen MR) is 76.1 cm³/mol. The van der Waals surface area contributed by atoms with Crippen molar-refractivity contribution in [2.75, 3.05) is 26.7 Å². The molecule has 5 heteroatoms. The monoisotopic (exact) mass is 274 g/mol. The molecule has 0 fully saturated rings. The average Bonchev–Trinajstić information content (AvgIpc) is 2.49. The van der Waals surface area contributed by atoms with Crippen molar-refractivity contribution in [3.63, 3.8) is 0 Å². The second kappa shape index (κ2) is 7.97. The molecule has 20 heavy (non-hydrogen) atoms. The Morgan fingerprint density at radius 2 is 2.05 bits per heavy atom. The van der Waals surface area contributed by atoms with Gasteiger partial charge in [0.05, 0.1) is 12.1 Å². The maximum absolute atomic E-state index is 12.4. The molecule has 0 atom stereocenters. The number of likely N-dealkylation sites (N-methyl/N-ethyl adjacent to an activating group) is 2. The second-order valence-corrected chi connectivity index (χ2v) is 4.00.